The summed E-state index contributed by atoms with van der Waals surface area (Å²) < 4.78 is 1.90. The molecule has 2 N–H and O–H groups in total. The van der Waals surface area contributed by atoms with Crippen LogP contribution in [0.2, 0.25) is 0 Å². The second kappa shape index (κ2) is 7.34. The molecular weight excluding hydrogens is 465 g/mol. The number of carbonyl (C=O) groups is 1. The monoisotopic (exact) mass is 481 g/mol. The second-order valence-electron chi connectivity index (χ2n) is 5.03. The lowest BCUT2D eigenvalue weighted by atomic mass is 10.1. The molecule has 0 aliphatic carbocycles. The molecule has 0 radical (unpaired) electrons. The molecule has 0 spiro atoms. The molecule has 7 heteroatoms. The zero-order valence-electron chi connectivity index (χ0n) is 11.7. The van der Waals surface area contributed by atoms with E-state index in [4.69, 9.17) is 18.0 Å². The van der Waals surface area contributed by atoms with E-state index < -0.39 is 0 Å². The van der Waals surface area contributed by atoms with Gasteiger partial charge >= 0.3 is 0 Å². The Kier molecular flexibility index (Phi) is 5.98. The first kappa shape index (κ1) is 17.1. The van der Waals surface area contributed by atoms with Gasteiger partial charge in [-0.05, 0) is 47.7 Å². The minimum atomic E-state index is 0.0863. The van der Waals surface area contributed by atoms with Crippen molar-refractivity contribution in [3.05, 3.63) is 31.8 Å². The lowest BCUT2D eigenvalue weighted by Gasteiger charge is -2.37. The van der Waals surface area contributed by atoms with Crippen molar-refractivity contribution in [3.63, 3.8) is 0 Å². The van der Waals surface area contributed by atoms with Gasteiger partial charge in [0.25, 0.3) is 5.91 Å². The van der Waals surface area contributed by atoms with Crippen molar-refractivity contribution in [2.75, 3.05) is 26.2 Å². The maximum absolute atomic E-state index is 12.6. The minimum Gasteiger partial charge on any atom is -0.392 e. The second-order valence-corrected chi connectivity index (χ2v) is 7.58. The van der Waals surface area contributed by atoms with Crippen LogP contribution in [-0.2, 0) is 0 Å². The number of nitrogens with two attached hydrogens (primary N) is 1. The number of thiocarbonyl (C=S) groups is 1. The summed E-state index contributed by atoms with van der Waals surface area (Å²) in [5.41, 5.74) is 6.44. The van der Waals surface area contributed by atoms with Gasteiger partial charge in [0.2, 0.25) is 0 Å². The van der Waals surface area contributed by atoms with Gasteiger partial charge in [-0.15, -0.1) is 0 Å². The molecule has 1 aromatic carbocycles. The Morgan fingerprint density at radius 3 is 2.57 bits per heavy atom. The van der Waals surface area contributed by atoms with E-state index in [0.717, 1.165) is 26.7 Å². The predicted molar refractivity (Wildman–Crippen MR) is 101 cm³/mol. The maximum Gasteiger partial charge on any atom is 0.255 e. The van der Waals surface area contributed by atoms with Gasteiger partial charge in [0.1, 0.15) is 0 Å². The molecule has 114 valence electrons. The first-order chi connectivity index (χ1) is 9.90. The van der Waals surface area contributed by atoms with Crippen LogP contribution in [0.3, 0.4) is 0 Å². The molecule has 1 heterocycles. The topological polar surface area (TPSA) is 49.6 Å². The SMILES string of the molecule is CC(C(N)=S)N1CCN(C(=O)c2cc(Br)ccc2I)CC1. The van der Waals surface area contributed by atoms with E-state index in [1.807, 2.05) is 30.0 Å². The van der Waals surface area contributed by atoms with E-state index in [1.165, 1.54) is 0 Å². The van der Waals surface area contributed by atoms with Crippen molar-refractivity contribution in [1.82, 2.24) is 9.80 Å². The first-order valence-corrected chi connectivity index (χ1v) is 8.96. The smallest absolute Gasteiger partial charge is 0.255 e. The molecule has 1 amide bonds. The molecule has 2 rings (SSSR count). The molecule has 1 saturated heterocycles. The van der Waals surface area contributed by atoms with Gasteiger partial charge in [-0.1, -0.05) is 28.1 Å². The van der Waals surface area contributed by atoms with Crippen molar-refractivity contribution in [2.45, 2.75) is 13.0 Å². The highest BCUT2D eigenvalue weighted by molar-refractivity contribution is 14.1. The normalized spacial score (nSPS) is 17.6. The molecule has 21 heavy (non-hydrogen) atoms. The van der Waals surface area contributed by atoms with E-state index >= 15 is 0 Å². The number of hydrogen-bond acceptors (Lipinski definition) is 3. The van der Waals surface area contributed by atoms with Gasteiger partial charge in [-0.2, -0.15) is 0 Å². The number of piperazine rings is 1. The molecule has 1 aliphatic rings. The van der Waals surface area contributed by atoms with Crippen molar-refractivity contribution in [2.24, 2.45) is 5.73 Å². The summed E-state index contributed by atoms with van der Waals surface area (Å²) in [6.07, 6.45) is 0. The van der Waals surface area contributed by atoms with E-state index in [2.05, 4.69) is 43.4 Å². The highest BCUT2D eigenvalue weighted by Gasteiger charge is 2.26. The highest BCUT2D eigenvalue weighted by Crippen LogP contribution is 2.21. The predicted octanol–water partition coefficient (Wildman–Crippen LogP) is 2.49. The van der Waals surface area contributed by atoms with Crippen LogP contribution in [0.15, 0.2) is 22.7 Å². The van der Waals surface area contributed by atoms with Crippen molar-refractivity contribution in [1.29, 1.82) is 0 Å². The Morgan fingerprint density at radius 1 is 1.38 bits per heavy atom. The van der Waals surface area contributed by atoms with Crippen LogP contribution in [0.4, 0.5) is 0 Å². The summed E-state index contributed by atoms with van der Waals surface area (Å²) in [6.45, 7) is 5.02. The number of carbonyl (C=O) groups excluding carboxylic acids is 1. The fourth-order valence-electron chi connectivity index (χ4n) is 2.32. The summed E-state index contributed by atoms with van der Waals surface area (Å²) in [7, 11) is 0. The summed E-state index contributed by atoms with van der Waals surface area (Å²) in [6, 6.07) is 5.86. The average Bonchev–Trinajstić information content (AvgIpc) is 2.48. The Bertz CT molecular complexity index is 561. The third kappa shape index (κ3) is 4.14. The van der Waals surface area contributed by atoms with Crippen LogP contribution < -0.4 is 5.73 Å². The lowest BCUT2D eigenvalue weighted by molar-refractivity contribution is 0.0620. The van der Waals surface area contributed by atoms with E-state index in [-0.39, 0.29) is 11.9 Å². The molecule has 0 aromatic heterocycles. The molecule has 1 fully saturated rings. The molecule has 1 aromatic rings. The molecule has 1 aliphatic heterocycles. The van der Waals surface area contributed by atoms with Gasteiger partial charge in [-0.25, -0.2) is 0 Å². The minimum absolute atomic E-state index is 0.0863. The van der Waals surface area contributed by atoms with Crippen molar-refractivity contribution >= 4 is 61.6 Å². The maximum atomic E-state index is 12.6. The van der Waals surface area contributed by atoms with E-state index in [9.17, 15) is 4.79 Å². The van der Waals surface area contributed by atoms with Crippen LogP contribution >= 0.6 is 50.7 Å². The number of benzene rings is 1. The molecule has 1 unspecified atom stereocenters. The zero-order valence-corrected chi connectivity index (χ0v) is 16.2. The van der Waals surface area contributed by atoms with Crippen molar-refractivity contribution in [3.8, 4) is 0 Å². The van der Waals surface area contributed by atoms with Gasteiger partial charge in [0.15, 0.2) is 0 Å². The van der Waals surface area contributed by atoms with Gasteiger partial charge in [-0.3, -0.25) is 9.69 Å². The summed E-state index contributed by atoms with van der Waals surface area (Å²) >= 11 is 10.7. The number of halogens is 2. The van der Waals surface area contributed by atoms with Crippen LogP contribution in [0.5, 0.6) is 0 Å². The Hall–Kier alpha value is -0.250. The van der Waals surface area contributed by atoms with Gasteiger partial charge in [0.05, 0.1) is 16.6 Å². The Morgan fingerprint density at radius 2 is 2.00 bits per heavy atom. The third-order valence-electron chi connectivity index (χ3n) is 3.72. The lowest BCUT2D eigenvalue weighted by Crippen LogP contribution is -2.54. The Balaban J connectivity index is 2.03. The van der Waals surface area contributed by atoms with Crippen LogP contribution in [0.1, 0.15) is 17.3 Å². The summed E-state index contributed by atoms with van der Waals surface area (Å²) in [5.74, 6) is 0.0864. The fourth-order valence-corrected chi connectivity index (χ4v) is 3.40. The zero-order chi connectivity index (χ0) is 15.6. The number of amides is 1. The third-order valence-corrected chi connectivity index (χ3v) is 5.49. The molecule has 1 atom stereocenters. The number of hydrogen-bond donors (Lipinski definition) is 1. The van der Waals surface area contributed by atoms with E-state index in [1.54, 1.807) is 0 Å². The number of rotatable bonds is 3. The summed E-state index contributed by atoms with van der Waals surface area (Å²) in [5, 5.41) is 0. The Labute approximate surface area is 152 Å². The van der Waals surface area contributed by atoms with Crippen LogP contribution in [0, 0.1) is 3.57 Å². The fraction of sp³-hybridized carbons (Fsp3) is 0.429. The molecule has 4 nitrogen and oxygen atoms in total. The van der Waals surface area contributed by atoms with Crippen LogP contribution in [0.25, 0.3) is 0 Å². The van der Waals surface area contributed by atoms with Gasteiger partial charge < -0.3 is 10.6 Å². The quantitative estimate of drug-likeness (QED) is 0.532. The van der Waals surface area contributed by atoms with Crippen molar-refractivity contribution < 1.29 is 4.79 Å². The molecular formula is C14H17BrIN3OS. The standard InChI is InChI=1S/C14H17BrIN3OS/c1-9(13(17)21)18-4-6-19(7-5-18)14(20)11-8-10(15)2-3-12(11)16/h2-3,8-9H,4-7H2,1H3,(H2,17,21). The average molecular weight is 482 g/mol. The van der Waals surface area contributed by atoms with E-state index in [0.29, 0.717) is 18.1 Å². The summed E-state index contributed by atoms with van der Waals surface area (Å²) in [4.78, 5) is 17.2. The largest absolute Gasteiger partial charge is 0.392 e. The van der Waals surface area contributed by atoms with Gasteiger partial charge in [0, 0.05) is 34.2 Å². The van der Waals surface area contributed by atoms with Crippen LogP contribution in [-0.4, -0.2) is 52.9 Å². The molecule has 0 saturated carbocycles. The molecule has 0 bridgehead atoms. The highest BCUT2D eigenvalue weighted by atomic mass is 127. The first-order valence-electron chi connectivity index (χ1n) is 6.68. The number of nitrogens with zero attached hydrogens (tertiary/aromatic N) is 2.